The first-order chi connectivity index (χ1) is 19.2. The third kappa shape index (κ3) is 2.28. The van der Waals surface area contributed by atoms with Crippen molar-refractivity contribution in [2.24, 2.45) is 0 Å². The molecule has 5 aromatic carbocycles. The molecule has 188 valence electrons. The normalized spacial score (nSPS) is 23.6. The zero-order valence-corrected chi connectivity index (χ0v) is 21.7. The summed E-state index contributed by atoms with van der Waals surface area (Å²) in [7, 11) is 3.54. The van der Waals surface area contributed by atoms with Gasteiger partial charge in [-0.05, 0) is 44.5 Å². The van der Waals surface area contributed by atoms with Crippen LogP contribution in [0.5, 0.6) is 11.5 Å². The van der Waals surface area contributed by atoms with E-state index in [-0.39, 0.29) is 17.8 Å². The van der Waals surface area contributed by atoms with Crippen molar-refractivity contribution in [3.63, 3.8) is 0 Å². The molecule has 0 aromatic heterocycles. The molecule has 4 bridgehead atoms. The Morgan fingerprint density at radius 1 is 0.487 bits per heavy atom. The molecule has 0 radical (unpaired) electrons. The van der Waals surface area contributed by atoms with Crippen LogP contribution in [-0.4, -0.2) is 19.3 Å². The summed E-state index contributed by atoms with van der Waals surface area (Å²) in [4.78, 5) is 0. The Morgan fingerprint density at radius 3 is 1.28 bits per heavy atom. The van der Waals surface area contributed by atoms with Gasteiger partial charge in [-0.1, -0.05) is 97.1 Å². The molecule has 39 heavy (non-hydrogen) atoms. The predicted molar refractivity (Wildman–Crippen MR) is 150 cm³/mol. The minimum Gasteiger partial charge on any atom is -0.496 e. The summed E-state index contributed by atoms with van der Waals surface area (Å²) >= 11 is 0. The highest BCUT2D eigenvalue weighted by atomic mass is 16.5. The van der Waals surface area contributed by atoms with Crippen LogP contribution in [0.25, 0.3) is 0 Å². The number of benzene rings is 5. The quantitative estimate of drug-likeness (QED) is 0.281. The smallest absolute Gasteiger partial charge is 0.145 e. The van der Waals surface area contributed by atoms with E-state index in [9.17, 15) is 5.11 Å². The minimum atomic E-state index is -1.35. The predicted octanol–water partition coefficient (Wildman–Crippen LogP) is 6.78. The standard InChI is InChI=1S/C36H26O3/c1-38-34-30-27-19-11-3-5-13-21(19)28(22-14-6-4-12-20(22)27)31(30)35(39-2)33-32(34)29-23-15-7-9-17-25(23)36(33,37)26-18-10-8-16-24(26)29/h3-18,27-29,37H,1-2H3. The van der Waals surface area contributed by atoms with Gasteiger partial charge in [0.25, 0.3) is 0 Å². The van der Waals surface area contributed by atoms with Crippen LogP contribution in [0.2, 0.25) is 0 Å². The van der Waals surface area contributed by atoms with E-state index in [0.717, 1.165) is 50.4 Å². The van der Waals surface area contributed by atoms with Crippen molar-refractivity contribution in [3.05, 3.63) is 164 Å². The zero-order chi connectivity index (χ0) is 26.0. The van der Waals surface area contributed by atoms with Crippen molar-refractivity contribution in [2.45, 2.75) is 23.4 Å². The second-order valence-electron chi connectivity index (χ2n) is 11.1. The van der Waals surface area contributed by atoms with Gasteiger partial charge in [0.1, 0.15) is 17.1 Å². The molecule has 0 atom stereocenters. The van der Waals surface area contributed by atoms with E-state index in [1.165, 1.54) is 27.8 Å². The van der Waals surface area contributed by atoms with Gasteiger partial charge in [0.2, 0.25) is 0 Å². The summed E-state index contributed by atoms with van der Waals surface area (Å²) in [6.07, 6.45) is 0. The van der Waals surface area contributed by atoms with Crippen LogP contribution >= 0.6 is 0 Å². The number of aliphatic hydroxyl groups is 1. The first-order valence-electron chi connectivity index (χ1n) is 13.6. The van der Waals surface area contributed by atoms with E-state index >= 15 is 0 Å². The Balaban J connectivity index is 1.49. The van der Waals surface area contributed by atoms with Gasteiger partial charge in [-0.25, -0.2) is 0 Å². The van der Waals surface area contributed by atoms with Crippen molar-refractivity contribution >= 4 is 0 Å². The van der Waals surface area contributed by atoms with Crippen molar-refractivity contribution in [1.82, 2.24) is 0 Å². The Morgan fingerprint density at radius 2 is 0.846 bits per heavy atom. The summed E-state index contributed by atoms with van der Waals surface area (Å²) in [5.41, 5.74) is 12.2. The van der Waals surface area contributed by atoms with Crippen molar-refractivity contribution in [2.75, 3.05) is 14.2 Å². The summed E-state index contributed by atoms with van der Waals surface area (Å²) in [5.74, 6) is 1.65. The average molecular weight is 507 g/mol. The van der Waals surface area contributed by atoms with E-state index in [1.54, 1.807) is 14.2 Å². The molecule has 0 saturated carbocycles. The van der Waals surface area contributed by atoms with Gasteiger partial charge in [0, 0.05) is 40.0 Å². The molecule has 3 heteroatoms. The fourth-order valence-electron chi connectivity index (χ4n) is 8.48. The summed E-state index contributed by atoms with van der Waals surface area (Å²) in [6, 6.07) is 34.2. The van der Waals surface area contributed by atoms with E-state index in [2.05, 4.69) is 84.9 Å². The van der Waals surface area contributed by atoms with Gasteiger partial charge < -0.3 is 14.6 Å². The second kappa shape index (κ2) is 7.19. The van der Waals surface area contributed by atoms with Crippen LogP contribution in [0.1, 0.15) is 84.5 Å². The molecular weight excluding hydrogens is 480 g/mol. The third-order valence-electron chi connectivity index (χ3n) is 9.72. The highest BCUT2D eigenvalue weighted by Gasteiger charge is 2.57. The molecule has 6 aliphatic rings. The Kier molecular flexibility index (Phi) is 3.98. The molecule has 11 rings (SSSR count). The van der Waals surface area contributed by atoms with Gasteiger partial charge in [0.15, 0.2) is 0 Å². The Bertz CT molecular complexity index is 1790. The lowest BCUT2D eigenvalue weighted by Crippen LogP contribution is -2.43. The maximum atomic E-state index is 13.0. The van der Waals surface area contributed by atoms with E-state index < -0.39 is 5.60 Å². The van der Waals surface area contributed by atoms with E-state index in [0.29, 0.717) is 0 Å². The maximum Gasteiger partial charge on any atom is 0.145 e. The van der Waals surface area contributed by atoms with Gasteiger partial charge in [0.05, 0.1) is 14.2 Å². The highest BCUT2D eigenvalue weighted by molar-refractivity contribution is 5.82. The number of hydrogen-bond acceptors (Lipinski definition) is 3. The Labute approximate surface area is 227 Å². The molecule has 0 amide bonds. The van der Waals surface area contributed by atoms with Gasteiger partial charge in [-0.2, -0.15) is 0 Å². The molecule has 0 heterocycles. The lowest BCUT2D eigenvalue weighted by atomic mass is 9.54. The number of ether oxygens (including phenoxy) is 2. The molecule has 6 aliphatic carbocycles. The molecule has 1 N–H and O–H groups in total. The zero-order valence-electron chi connectivity index (χ0n) is 21.7. The molecule has 3 nitrogen and oxygen atoms in total. The van der Waals surface area contributed by atoms with Crippen LogP contribution in [0.15, 0.2) is 97.1 Å². The molecule has 0 unspecified atom stereocenters. The highest BCUT2D eigenvalue weighted by Crippen LogP contribution is 2.68. The number of rotatable bonds is 2. The van der Waals surface area contributed by atoms with Gasteiger partial charge >= 0.3 is 0 Å². The van der Waals surface area contributed by atoms with Crippen molar-refractivity contribution < 1.29 is 14.6 Å². The fourth-order valence-corrected chi connectivity index (χ4v) is 8.48. The summed E-state index contributed by atoms with van der Waals surface area (Å²) in [6.45, 7) is 0. The minimum absolute atomic E-state index is 0.00101. The maximum absolute atomic E-state index is 13.0. The summed E-state index contributed by atoms with van der Waals surface area (Å²) in [5, 5.41) is 13.0. The van der Waals surface area contributed by atoms with Crippen LogP contribution in [0.3, 0.4) is 0 Å². The number of hydrogen-bond donors (Lipinski definition) is 1. The van der Waals surface area contributed by atoms with E-state index in [1.807, 2.05) is 12.1 Å². The molecular formula is C36H26O3. The van der Waals surface area contributed by atoms with Gasteiger partial charge in [-0.3, -0.25) is 0 Å². The lowest BCUT2D eigenvalue weighted by molar-refractivity contribution is 0.108. The third-order valence-corrected chi connectivity index (χ3v) is 9.72. The molecule has 5 aromatic rings. The van der Waals surface area contributed by atoms with E-state index in [4.69, 9.17) is 9.47 Å². The number of methoxy groups -OCH3 is 2. The summed E-state index contributed by atoms with van der Waals surface area (Å²) < 4.78 is 12.9. The van der Waals surface area contributed by atoms with Crippen LogP contribution < -0.4 is 9.47 Å². The molecule has 0 fully saturated rings. The molecule has 0 aliphatic heterocycles. The second-order valence-corrected chi connectivity index (χ2v) is 11.1. The average Bonchev–Trinajstić information content (AvgIpc) is 3.00. The van der Waals surface area contributed by atoms with Gasteiger partial charge in [-0.15, -0.1) is 0 Å². The molecule has 0 saturated heterocycles. The first-order valence-corrected chi connectivity index (χ1v) is 13.6. The van der Waals surface area contributed by atoms with Crippen molar-refractivity contribution in [1.29, 1.82) is 0 Å². The van der Waals surface area contributed by atoms with Crippen LogP contribution in [-0.2, 0) is 5.60 Å². The van der Waals surface area contributed by atoms with Crippen LogP contribution in [0.4, 0.5) is 0 Å². The first kappa shape index (κ1) is 21.6. The molecule has 0 spiro atoms. The van der Waals surface area contributed by atoms with Crippen molar-refractivity contribution in [3.8, 4) is 11.5 Å². The SMILES string of the molecule is COc1c2c(c(OC)c3c1C1c4ccccc4C3(O)c3ccccc31)C1c3ccccc3C2c2ccccc21. The fraction of sp³-hybridized carbons (Fsp3) is 0.167. The lowest BCUT2D eigenvalue weighted by Gasteiger charge is -2.51. The topological polar surface area (TPSA) is 38.7 Å². The Hall–Kier alpha value is -4.34. The van der Waals surface area contributed by atoms with Crippen LogP contribution in [0, 0.1) is 0 Å². The monoisotopic (exact) mass is 506 g/mol. The largest absolute Gasteiger partial charge is 0.496 e.